The van der Waals surface area contributed by atoms with Crippen molar-refractivity contribution < 1.29 is 9.53 Å². The van der Waals surface area contributed by atoms with E-state index in [0.29, 0.717) is 13.0 Å². The summed E-state index contributed by atoms with van der Waals surface area (Å²) >= 11 is 0. The van der Waals surface area contributed by atoms with Crippen molar-refractivity contribution in [3.63, 3.8) is 0 Å². The average Bonchev–Trinajstić information content (AvgIpc) is 2.84. The van der Waals surface area contributed by atoms with Gasteiger partial charge in [-0.25, -0.2) is 9.97 Å². The van der Waals surface area contributed by atoms with E-state index in [1.165, 1.54) is 0 Å². The summed E-state index contributed by atoms with van der Waals surface area (Å²) in [5, 5.41) is 3.25. The fourth-order valence-electron chi connectivity index (χ4n) is 2.22. The molecule has 6 nitrogen and oxygen atoms in total. The third-order valence-corrected chi connectivity index (χ3v) is 3.32. The number of hydrogen-bond acceptors (Lipinski definition) is 5. The zero-order valence-corrected chi connectivity index (χ0v) is 12.2. The monoisotopic (exact) mass is 278 g/mol. The minimum atomic E-state index is -0.444. The Labute approximate surface area is 119 Å². The molecule has 6 heteroatoms. The number of nitrogens with two attached hydrogens (primary N) is 1. The summed E-state index contributed by atoms with van der Waals surface area (Å²) < 4.78 is 5.57. The van der Waals surface area contributed by atoms with Crippen LogP contribution in [-0.4, -0.2) is 34.6 Å². The van der Waals surface area contributed by atoms with Gasteiger partial charge in [-0.1, -0.05) is 13.8 Å². The highest BCUT2D eigenvalue weighted by Gasteiger charge is 2.28. The molecule has 1 saturated heterocycles. The highest BCUT2D eigenvalue weighted by Crippen LogP contribution is 2.20. The Balaban J connectivity index is 1.93. The van der Waals surface area contributed by atoms with E-state index in [1.807, 2.05) is 13.0 Å². The number of aryl methyl sites for hydroxylation is 1. The molecule has 2 unspecified atom stereocenters. The van der Waals surface area contributed by atoms with Crippen molar-refractivity contribution in [2.45, 2.75) is 51.7 Å². The molecule has 20 heavy (non-hydrogen) atoms. The molecule has 0 spiro atoms. The third kappa shape index (κ3) is 3.66. The maximum Gasteiger partial charge on any atom is 0.246 e. The van der Waals surface area contributed by atoms with Gasteiger partial charge in [-0.2, -0.15) is 0 Å². The molecule has 110 valence electrons. The van der Waals surface area contributed by atoms with E-state index in [-0.39, 0.29) is 17.9 Å². The van der Waals surface area contributed by atoms with E-state index in [2.05, 4.69) is 29.1 Å². The number of rotatable bonds is 5. The van der Waals surface area contributed by atoms with Crippen molar-refractivity contribution in [3.05, 3.63) is 17.6 Å². The van der Waals surface area contributed by atoms with Gasteiger partial charge in [-0.15, -0.1) is 0 Å². The van der Waals surface area contributed by atoms with Gasteiger partial charge in [0.25, 0.3) is 0 Å². The summed E-state index contributed by atoms with van der Waals surface area (Å²) in [5.41, 5.74) is 6.17. The number of carbonyl (C=O) groups excluding carboxylic acids is 1. The predicted octanol–water partition coefficient (Wildman–Crippen LogP) is 1.35. The Kier molecular flexibility index (Phi) is 4.54. The number of hydrogen-bond donors (Lipinski definition) is 2. The zero-order chi connectivity index (χ0) is 14.7. The van der Waals surface area contributed by atoms with Crippen LogP contribution in [0.5, 0.6) is 0 Å². The van der Waals surface area contributed by atoms with E-state index in [1.54, 1.807) is 0 Å². The van der Waals surface area contributed by atoms with Crippen molar-refractivity contribution in [2.24, 2.45) is 5.73 Å². The SMILES string of the molecule is Cc1cc(NCC2CCC(C(N)=O)O2)nc(C(C)C)n1. The van der Waals surface area contributed by atoms with Crippen LogP contribution in [0.1, 0.15) is 44.1 Å². The summed E-state index contributed by atoms with van der Waals surface area (Å²) in [4.78, 5) is 19.9. The smallest absolute Gasteiger partial charge is 0.246 e. The molecule has 2 rings (SSSR count). The van der Waals surface area contributed by atoms with E-state index in [9.17, 15) is 4.79 Å². The molecule has 1 aromatic rings. The lowest BCUT2D eigenvalue weighted by Gasteiger charge is -2.14. The summed E-state index contributed by atoms with van der Waals surface area (Å²) in [6.07, 6.45) is 1.09. The average molecular weight is 278 g/mol. The number of aromatic nitrogens is 2. The van der Waals surface area contributed by atoms with E-state index < -0.39 is 6.10 Å². The van der Waals surface area contributed by atoms with Gasteiger partial charge in [0, 0.05) is 24.2 Å². The summed E-state index contributed by atoms with van der Waals surface area (Å²) in [6, 6.07) is 1.91. The van der Waals surface area contributed by atoms with Gasteiger partial charge in [0.2, 0.25) is 5.91 Å². The van der Waals surface area contributed by atoms with Crippen LogP contribution in [0, 0.1) is 6.92 Å². The molecule has 1 aliphatic heterocycles. The predicted molar refractivity (Wildman–Crippen MR) is 76.4 cm³/mol. The normalized spacial score (nSPS) is 22.2. The van der Waals surface area contributed by atoms with E-state index in [4.69, 9.17) is 10.5 Å². The van der Waals surface area contributed by atoms with Crippen LogP contribution in [0.25, 0.3) is 0 Å². The molecule has 1 amide bonds. The van der Waals surface area contributed by atoms with Crippen molar-refractivity contribution in [1.82, 2.24) is 9.97 Å². The topological polar surface area (TPSA) is 90.1 Å². The largest absolute Gasteiger partial charge is 0.367 e. The van der Waals surface area contributed by atoms with Crippen LogP contribution in [0.2, 0.25) is 0 Å². The van der Waals surface area contributed by atoms with Gasteiger partial charge < -0.3 is 15.8 Å². The lowest BCUT2D eigenvalue weighted by Crippen LogP contribution is -2.30. The fraction of sp³-hybridized carbons (Fsp3) is 0.643. The van der Waals surface area contributed by atoms with Crippen molar-refractivity contribution >= 4 is 11.7 Å². The second kappa shape index (κ2) is 6.17. The van der Waals surface area contributed by atoms with Crippen LogP contribution in [0.3, 0.4) is 0 Å². The molecule has 0 aromatic carbocycles. The molecule has 0 aliphatic carbocycles. The summed E-state index contributed by atoms with van der Waals surface area (Å²) in [5.74, 6) is 1.53. The highest BCUT2D eigenvalue weighted by atomic mass is 16.5. The number of anilines is 1. The van der Waals surface area contributed by atoms with Crippen molar-refractivity contribution in [1.29, 1.82) is 0 Å². The first-order chi connectivity index (χ1) is 9.45. The second-order valence-electron chi connectivity index (χ2n) is 5.51. The summed E-state index contributed by atoms with van der Waals surface area (Å²) in [7, 11) is 0. The molecule has 0 saturated carbocycles. The molecule has 2 heterocycles. The van der Waals surface area contributed by atoms with Gasteiger partial charge in [-0.3, -0.25) is 4.79 Å². The third-order valence-electron chi connectivity index (χ3n) is 3.32. The van der Waals surface area contributed by atoms with Crippen LogP contribution >= 0.6 is 0 Å². The Bertz CT molecular complexity index is 490. The standard InChI is InChI=1S/C14H22N4O2/c1-8(2)14-17-9(3)6-12(18-14)16-7-10-4-5-11(20-10)13(15)19/h6,8,10-11H,4-5,7H2,1-3H3,(H2,15,19)(H,16,17,18). The number of carbonyl (C=O) groups is 1. The first-order valence-electron chi connectivity index (χ1n) is 7.00. The molecule has 3 N–H and O–H groups in total. The van der Waals surface area contributed by atoms with Gasteiger partial charge in [0.1, 0.15) is 17.7 Å². The molecule has 0 radical (unpaired) electrons. The van der Waals surface area contributed by atoms with Crippen LogP contribution in [0.15, 0.2) is 6.07 Å². The van der Waals surface area contributed by atoms with E-state index >= 15 is 0 Å². The lowest BCUT2D eigenvalue weighted by atomic mass is 10.2. The van der Waals surface area contributed by atoms with Crippen LogP contribution in [-0.2, 0) is 9.53 Å². The maximum absolute atomic E-state index is 11.0. The first-order valence-corrected chi connectivity index (χ1v) is 7.00. The van der Waals surface area contributed by atoms with Crippen molar-refractivity contribution in [3.8, 4) is 0 Å². The minimum absolute atomic E-state index is 0.00488. The number of nitrogens with one attached hydrogen (secondary N) is 1. The molecule has 1 aliphatic rings. The molecule has 1 fully saturated rings. The molecular formula is C14H22N4O2. The number of nitrogens with zero attached hydrogens (tertiary/aromatic N) is 2. The Hall–Kier alpha value is -1.69. The Morgan fingerprint density at radius 2 is 2.25 bits per heavy atom. The maximum atomic E-state index is 11.0. The fourth-order valence-corrected chi connectivity index (χ4v) is 2.22. The Morgan fingerprint density at radius 3 is 2.85 bits per heavy atom. The quantitative estimate of drug-likeness (QED) is 0.848. The van der Waals surface area contributed by atoms with Gasteiger partial charge >= 0.3 is 0 Å². The molecule has 0 bridgehead atoms. The van der Waals surface area contributed by atoms with Crippen LogP contribution < -0.4 is 11.1 Å². The zero-order valence-electron chi connectivity index (χ0n) is 12.2. The molecule has 1 aromatic heterocycles. The highest BCUT2D eigenvalue weighted by molar-refractivity contribution is 5.79. The molecular weight excluding hydrogens is 256 g/mol. The minimum Gasteiger partial charge on any atom is -0.367 e. The molecule has 2 atom stereocenters. The summed E-state index contributed by atoms with van der Waals surface area (Å²) in [6.45, 7) is 6.71. The lowest BCUT2D eigenvalue weighted by molar-refractivity contribution is -0.128. The first kappa shape index (κ1) is 14.7. The number of amides is 1. The van der Waals surface area contributed by atoms with E-state index in [0.717, 1.165) is 23.8 Å². The van der Waals surface area contributed by atoms with Gasteiger partial charge in [0.05, 0.1) is 6.10 Å². The van der Waals surface area contributed by atoms with Gasteiger partial charge in [-0.05, 0) is 19.8 Å². The second-order valence-corrected chi connectivity index (χ2v) is 5.51. The number of ether oxygens (including phenoxy) is 1. The number of primary amides is 1. The van der Waals surface area contributed by atoms with Crippen LogP contribution in [0.4, 0.5) is 5.82 Å². The Morgan fingerprint density at radius 1 is 1.50 bits per heavy atom. The van der Waals surface area contributed by atoms with Crippen molar-refractivity contribution in [2.75, 3.05) is 11.9 Å². The van der Waals surface area contributed by atoms with Gasteiger partial charge in [0.15, 0.2) is 0 Å².